The van der Waals surface area contributed by atoms with E-state index in [2.05, 4.69) is 19.2 Å². The van der Waals surface area contributed by atoms with Crippen LogP contribution in [-0.2, 0) is 9.84 Å². The van der Waals surface area contributed by atoms with Gasteiger partial charge in [0.15, 0.2) is 9.84 Å². The van der Waals surface area contributed by atoms with Gasteiger partial charge in [0.1, 0.15) is 0 Å². The summed E-state index contributed by atoms with van der Waals surface area (Å²) in [7, 11) is -3.04. The van der Waals surface area contributed by atoms with E-state index in [1.807, 2.05) is 0 Å². The second kappa shape index (κ2) is 6.16. The van der Waals surface area contributed by atoms with Crippen molar-refractivity contribution in [2.24, 2.45) is 5.41 Å². The van der Waals surface area contributed by atoms with Crippen molar-refractivity contribution in [3.63, 3.8) is 0 Å². The van der Waals surface area contributed by atoms with Crippen molar-refractivity contribution in [2.75, 3.05) is 25.4 Å². The zero-order valence-electron chi connectivity index (χ0n) is 11.7. The van der Waals surface area contributed by atoms with Gasteiger partial charge in [-0.05, 0) is 32.6 Å². The van der Waals surface area contributed by atoms with E-state index >= 15 is 0 Å². The first-order valence-corrected chi connectivity index (χ1v) is 7.71. The molecule has 0 amide bonds. The Bertz CT molecular complexity index is 315. The number of hydrogen-bond acceptors (Lipinski definition) is 4. The van der Waals surface area contributed by atoms with Gasteiger partial charge in [0.05, 0.1) is 10.5 Å². The van der Waals surface area contributed by atoms with Crippen molar-refractivity contribution >= 4 is 9.84 Å². The van der Waals surface area contributed by atoms with Crippen LogP contribution in [0.5, 0.6) is 0 Å². The van der Waals surface area contributed by atoms with E-state index in [0.29, 0.717) is 19.5 Å². The SMILES string of the molecule is CC(C)(CCO)CNCCS(=O)(=O)C(C)(C)C. The molecule has 0 unspecified atom stereocenters. The van der Waals surface area contributed by atoms with Crippen molar-refractivity contribution in [3.05, 3.63) is 0 Å². The van der Waals surface area contributed by atoms with E-state index in [-0.39, 0.29) is 17.8 Å². The Balaban J connectivity index is 4.03. The van der Waals surface area contributed by atoms with Crippen LogP contribution in [0.25, 0.3) is 0 Å². The van der Waals surface area contributed by atoms with Crippen LogP contribution in [0.3, 0.4) is 0 Å². The van der Waals surface area contributed by atoms with Crippen LogP contribution in [0.4, 0.5) is 0 Å². The fourth-order valence-electron chi connectivity index (χ4n) is 1.33. The Morgan fingerprint density at radius 1 is 1.12 bits per heavy atom. The lowest BCUT2D eigenvalue weighted by Crippen LogP contribution is -2.37. The summed E-state index contributed by atoms with van der Waals surface area (Å²) in [6.45, 7) is 10.6. The monoisotopic (exact) mass is 265 g/mol. The van der Waals surface area contributed by atoms with Crippen molar-refractivity contribution in [1.82, 2.24) is 5.32 Å². The predicted molar refractivity (Wildman–Crippen MR) is 71.9 cm³/mol. The molecule has 0 saturated carbocycles. The van der Waals surface area contributed by atoms with E-state index in [4.69, 9.17) is 5.11 Å². The van der Waals surface area contributed by atoms with Gasteiger partial charge >= 0.3 is 0 Å². The highest BCUT2D eigenvalue weighted by Crippen LogP contribution is 2.18. The Morgan fingerprint density at radius 3 is 2.06 bits per heavy atom. The number of sulfone groups is 1. The summed E-state index contributed by atoms with van der Waals surface area (Å²) in [4.78, 5) is 0. The molecule has 0 aromatic carbocycles. The van der Waals surface area contributed by atoms with Gasteiger partial charge in [-0.15, -0.1) is 0 Å². The molecule has 0 fully saturated rings. The molecule has 104 valence electrons. The largest absolute Gasteiger partial charge is 0.396 e. The van der Waals surface area contributed by atoms with Gasteiger partial charge in [0.25, 0.3) is 0 Å². The molecule has 0 heterocycles. The molecule has 0 spiro atoms. The molecular formula is C12H27NO3S. The third kappa shape index (κ3) is 6.38. The van der Waals surface area contributed by atoms with Crippen LogP contribution < -0.4 is 5.32 Å². The fourth-order valence-corrected chi connectivity index (χ4v) is 2.36. The summed E-state index contributed by atoms with van der Waals surface area (Å²) in [6.07, 6.45) is 0.714. The van der Waals surface area contributed by atoms with Gasteiger partial charge in [-0.25, -0.2) is 8.42 Å². The van der Waals surface area contributed by atoms with Crippen LogP contribution in [-0.4, -0.2) is 43.7 Å². The van der Waals surface area contributed by atoms with E-state index in [1.165, 1.54) is 0 Å². The van der Waals surface area contributed by atoms with Crippen LogP contribution >= 0.6 is 0 Å². The van der Waals surface area contributed by atoms with E-state index in [1.54, 1.807) is 20.8 Å². The number of rotatable bonds is 7. The van der Waals surface area contributed by atoms with Gasteiger partial charge in [-0.3, -0.25) is 0 Å². The minimum atomic E-state index is -3.04. The van der Waals surface area contributed by atoms with E-state index in [9.17, 15) is 8.42 Å². The maximum absolute atomic E-state index is 11.8. The Hall–Kier alpha value is -0.130. The minimum Gasteiger partial charge on any atom is -0.396 e. The third-order valence-electron chi connectivity index (χ3n) is 2.87. The van der Waals surface area contributed by atoms with Crippen molar-refractivity contribution < 1.29 is 13.5 Å². The zero-order chi connectivity index (χ0) is 13.7. The Labute approximate surface area is 106 Å². The second-order valence-electron chi connectivity index (χ2n) is 6.25. The first-order valence-electron chi connectivity index (χ1n) is 6.06. The summed E-state index contributed by atoms with van der Waals surface area (Å²) in [5.41, 5.74) is 0.000242. The minimum absolute atomic E-state index is 0.000242. The molecule has 0 saturated heterocycles. The first kappa shape index (κ1) is 16.9. The van der Waals surface area contributed by atoms with Crippen LogP contribution in [0.2, 0.25) is 0 Å². The average Bonchev–Trinajstić information content (AvgIpc) is 2.10. The number of hydrogen-bond donors (Lipinski definition) is 2. The standard InChI is InChI=1S/C12H27NO3S/c1-11(2,3)17(15,16)9-7-13-10-12(4,5)6-8-14/h13-14H,6-10H2,1-5H3. The van der Waals surface area contributed by atoms with Crippen molar-refractivity contribution in [1.29, 1.82) is 0 Å². The molecule has 0 aromatic heterocycles. The van der Waals surface area contributed by atoms with Gasteiger partial charge in [-0.2, -0.15) is 0 Å². The lowest BCUT2D eigenvalue weighted by atomic mass is 9.90. The molecule has 4 nitrogen and oxygen atoms in total. The molecule has 0 aliphatic carbocycles. The molecule has 0 bridgehead atoms. The third-order valence-corrected chi connectivity index (χ3v) is 5.48. The van der Waals surface area contributed by atoms with Crippen LogP contribution in [0.15, 0.2) is 0 Å². The van der Waals surface area contributed by atoms with Gasteiger partial charge in [-0.1, -0.05) is 13.8 Å². The molecule has 0 aliphatic heterocycles. The van der Waals surface area contributed by atoms with Gasteiger partial charge in [0, 0.05) is 19.7 Å². The fraction of sp³-hybridized carbons (Fsp3) is 1.00. The molecule has 0 aliphatic rings. The summed E-state index contributed by atoms with van der Waals surface area (Å²) in [5, 5.41) is 12.0. The van der Waals surface area contributed by atoms with Crippen LogP contribution in [0.1, 0.15) is 41.0 Å². The Morgan fingerprint density at radius 2 is 1.65 bits per heavy atom. The van der Waals surface area contributed by atoms with Crippen LogP contribution in [0, 0.1) is 5.41 Å². The average molecular weight is 265 g/mol. The quantitative estimate of drug-likeness (QED) is 0.679. The smallest absolute Gasteiger partial charge is 0.156 e. The molecule has 0 radical (unpaired) electrons. The van der Waals surface area contributed by atoms with Gasteiger partial charge < -0.3 is 10.4 Å². The highest BCUT2D eigenvalue weighted by molar-refractivity contribution is 7.92. The summed E-state index contributed by atoms with van der Waals surface area (Å²) in [5.74, 6) is 0.158. The number of aliphatic hydroxyl groups is 1. The van der Waals surface area contributed by atoms with E-state index < -0.39 is 14.6 Å². The molecule has 0 atom stereocenters. The van der Waals surface area contributed by atoms with E-state index in [0.717, 1.165) is 0 Å². The normalized spacial score (nSPS) is 14.0. The molecule has 17 heavy (non-hydrogen) atoms. The maximum atomic E-state index is 11.8. The highest BCUT2D eigenvalue weighted by atomic mass is 32.2. The molecule has 0 rings (SSSR count). The first-order chi connectivity index (χ1) is 7.52. The lowest BCUT2D eigenvalue weighted by molar-refractivity contribution is 0.208. The lowest BCUT2D eigenvalue weighted by Gasteiger charge is -2.25. The maximum Gasteiger partial charge on any atom is 0.156 e. The number of aliphatic hydroxyl groups excluding tert-OH is 1. The zero-order valence-corrected chi connectivity index (χ0v) is 12.5. The summed E-state index contributed by atoms with van der Waals surface area (Å²) >= 11 is 0. The number of nitrogens with one attached hydrogen (secondary N) is 1. The molecule has 2 N–H and O–H groups in total. The van der Waals surface area contributed by atoms with Crippen molar-refractivity contribution in [3.8, 4) is 0 Å². The molecule has 0 aromatic rings. The van der Waals surface area contributed by atoms with Crippen molar-refractivity contribution in [2.45, 2.75) is 45.8 Å². The highest BCUT2D eigenvalue weighted by Gasteiger charge is 2.28. The molecular weight excluding hydrogens is 238 g/mol. The second-order valence-corrected chi connectivity index (χ2v) is 9.11. The summed E-state index contributed by atoms with van der Waals surface area (Å²) < 4.78 is 23.0. The van der Waals surface area contributed by atoms with Gasteiger partial charge in [0.2, 0.25) is 0 Å². The molecule has 5 heteroatoms. The summed E-state index contributed by atoms with van der Waals surface area (Å²) in [6, 6.07) is 0. The Kier molecular flexibility index (Phi) is 6.11. The topological polar surface area (TPSA) is 66.4 Å². The predicted octanol–water partition coefficient (Wildman–Crippen LogP) is 1.20.